The standard InChI is InChI=1S/C36H45ClN2O5S3.C7H13NO/c1-23-6-3-15-36(41,34-45-16-5-17-46-34)30-11-8-27(30)20-39-21-35(14-4-7-25-18-28(37)10-12-29(25)35)22-44-32-13-9-26(19-31(32)39)33(40)38-47(42,43)24(23)2;1-3-8-4-2-7(1)5-9-6-7/h3,9-10,12-13,15,18-19,23-24,27,30,34,41H,4-8,11,14,16-17,20-22H2,1-2H3,(H,38,40);8H,1-6H2/b15-3+;/t23-,24+,27-,30+,35-,36-;/m0./s1. The van der Waals surface area contributed by atoms with E-state index in [2.05, 4.69) is 27.1 Å². The number of amides is 1. The Morgan fingerprint density at radius 2 is 1.77 bits per heavy atom. The molecule has 4 fully saturated rings. The van der Waals surface area contributed by atoms with E-state index < -0.39 is 26.8 Å². The lowest BCUT2D eigenvalue weighted by Crippen LogP contribution is -2.55. The molecular formula is C43H58ClN3O6S3. The number of ether oxygens (including phenoxy) is 2. The Kier molecular flexibility index (Phi) is 12.1. The SMILES string of the molecule is C1CC2(CCN1)COC2.C[C@@H]1[C@@H](C)C/C=C/[C@@](O)(C2SCCCS2)[C@@H]2CC[C@H]2CN2C[C@@]3(CCCc4cc(Cl)ccc43)COc3ccc(cc32)C(=O)NS1(=O)=O. The quantitative estimate of drug-likeness (QED) is 0.255. The first-order valence-corrected chi connectivity index (χ1v) is 24.7. The van der Waals surface area contributed by atoms with Gasteiger partial charge in [0.2, 0.25) is 10.0 Å². The summed E-state index contributed by atoms with van der Waals surface area (Å²) in [6.07, 6.45) is 13.2. The maximum absolute atomic E-state index is 13.5. The number of hydrogen-bond acceptors (Lipinski definition) is 10. The molecule has 13 heteroatoms. The second kappa shape index (κ2) is 16.6. The highest BCUT2D eigenvalue weighted by molar-refractivity contribution is 8.17. The molecule has 0 radical (unpaired) electrons. The minimum atomic E-state index is -3.95. The summed E-state index contributed by atoms with van der Waals surface area (Å²) >= 11 is 10.2. The molecule has 2 spiro atoms. The Morgan fingerprint density at radius 3 is 2.46 bits per heavy atom. The molecule has 1 amide bonds. The minimum absolute atomic E-state index is 0.0302. The van der Waals surface area contributed by atoms with Crippen LogP contribution in [0.25, 0.3) is 0 Å². The van der Waals surface area contributed by atoms with Crippen LogP contribution >= 0.6 is 35.1 Å². The van der Waals surface area contributed by atoms with Crippen LogP contribution in [-0.2, 0) is 26.6 Å². The second-order valence-electron chi connectivity index (χ2n) is 17.6. The van der Waals surface area contributed by atoms with Crippen molar-refractivity contribution in [3.05, 3.63) is 70.3 Å². The molecule has 5 aliphatic heterocycles. The summed E-state index contributed by atoms with van der Waals surface area (Å²) in [6, 6.07) is 11.5. The number of nitrogens with zero attached hydrogens (tertiary/aromatic N) is 1. The number of piperidine rings is 1. The Hall–Kier alpha value is -1.93. The van der Waals surface area contributed by atoms with Crippen molar-refractivity contribution in [3.63, 3.8) is 0 Å². The second-order valence-corrected chi connectivity index (χ2v) is 22.8. The number of aliphatic hydroxyl groups is 1. The molecule has 1 saturated carbocycles. The molecule has 9 rings (SSSR count). The van der Waals surface area contributed by atoms with E-state index in [0.717, 1.165) is 74.0 Å². The van der Waals surface area contributed by atoms with Gasteiger partial charge in [0, 0.05) is 34.5 Å². The first-order valence-electron chi connectivity index (χ1n) is 20.7. The molecule has 5 heterocycles. The van der Waals surface area contributed by atoms with Crippen LogP contribution in [0.2, 0.25) is 5.02 Å². The van der Waals surface area contributed by atoms with Crippen molar-refractivity contribution in [2.24, 2.45) is 23.2 Å². The summed E-state index contributed by atoms with van der Waals surface area (Å²) in [5.74, 6) is 2.18. The fourth-order valence-electron chi connectivity index (χ4n) is 9.95. The summed E-state index contributed by atoms with van der Waals surface area (Å²) in [5, 5.41) is 15.9. The molecule has 2 bridgehead atoms. The lowest BCUT2D eigenvalue weighted by molar-refractivity contribution is -0.127. The average Bonchev–Trinajstić information content (AvgIpc) is 3.32. The number of hydrogen-bond donors (Lipinski definition) is 3. The van der Waals surface area contributed by atoms with Crippen LogP contribution in [-0.4, -0.2) is 92.4 Å². The van der Waals surface area contributed by atoms with E-state index in [1.54, 1.807) is 19.1 Å². The average molecular weight is 845 g/mol. The van der Waals surface area contributed by atoms with Crippen molar-refractivity contribution in [3.8, 4) is 5.75 Å². The van der Waals surface area contributed by atoms with E-state index in [9.17, 15) is 18.3 Å². The van der Waals surface area contributed by atoms with Gasteiger partial charge in [0.1, 0.15) is 11.4 Å². The van der Waals surface area contributed by atoms with E-state index in [4.69, 9.17) is 21.1 Å². The number of thioether (sulfide) groups is 2. The summed E-state index contributed by atoms with van der Waals surface area (Å²) < 4.78 is 41.1. The van der Waals surface area contributed by atoms with E-state index in [0.29, 0.717) is 37.3 Å². The Morgan fingerprint density at radius 1 is 0.982 bits per heavy atom. The highest BCUT2D eigenvalue weighted by Crippen LogP contribution is 2.53. The summed E-state index contributed by atoms with van der Waals surface area (Å²) in [7, 11) is -3.95. The predicted octanol–water partition coefficient (Wildman–Crippen LogP) is 7.20. The smallest absolute Gasteiger partial charge is 0.264 e. The number of nitrogens with one attached hydrogen (secondary N) is 2. The number of aryl methyl sites for hydroxylation is 1. The maximum atomic E-state index is 13.5. The van der Waals surface area contributed by atoms with Crippen molar-refractivity contribution < 1.29 is 27.8 Å². The Bertz CT molecular complexity index is 1900. The largest absolute Gasteiger partial charge is 0.490 e. The molecule has 2 aliphatic carbocycles. The monoisotopic (exact) mass is 843 g/mol. The van der Waals surface area contributed by atoms with E-state index in [1.807, 2.05) is 54.7 Å². The third-order valence-corrected chi connectivity index (χ3v) is 19.2. The van der Waals surface area contributed by atoms with Gasteiger partial charge in [-0.05, 0) is 149 Å². The molecule has 306 valence electrons. The van der Waals surface area contributed by atoms with Gasteiger partial charge in [0.05, 0.1) is 35.3 Å². The number of halogens is 1. The van der Waals surface area contributed by atoms with Gasteiger partial charge in [0.25, 0.3) is 5.91 Å². The van der Waals surface area contributed by atoms with Crippen LogP contribution < -0.4 is 19.7 Å². The highest BCUT2D eigenvalue weighted by atomic mass is 35.5. The van der Waals surface area contributed by atoms with Gasteiger partial charge >= 0.3 is 0 Å². The third-order valence-electron chi connectivity index (χ3n) is 13.9. The Labute approximate surface area is 346 Å². The van der Waals surface area contributed by atoms with Crippen LogP contribution in [0.5, 0.6) is 5.75 Å². The fraction of sp³-hybridized carbons (Fsp3) is 0.651. The van der Waals surface area contributed by atoms with Crippen molar-refractivity contribution in [1.29, 1.82) is 0 Å². The first kappa shape index (κ1) is 40.8. The van der Waals surface area contributed by atoms with Gasteiger partial charge in [-0.2, -0.15) is 0 Å². The third kappa shape index (κ3) is 8.15. The molecule has 0 unspecified atom stereocenters. The molecule has 9 nitrogen and oxygen atoms in total. The number of carbonyl (C=O) groups excluding carboxylic acids is 1. The molecular weight excluding hydrogens is 786 g/mol. The number of benzene rings is 2. The number of carbonyl (C=O) groups is 1. The van der Waals surface area contributed by atoms with Gasteiger partial charge in [-0.1, -0.05) is 36.7 Å². The number of anilines is 1. The summed E-state index contributed by atoms with van der Waals surface area (Å²) in [5.41, 5.74) is 2.94. The molecule has 0 aromatic heterocycles. The van der Waals surface area contributed by atoms with Crippen molar-refractivity contribution in [2.45, 2.75) is 92.5 Å². The van der Waals surface area contributed by atoms with E-state index in [1.165, 1.54) is 37.1 Å². The van der Waals surface area contributed by atoms with Crippen molar-refractivity contribution in [1.82, 2.24) is 10.0 Å². The molecule has 7 aliphatic rings. The topological polar surface area (TPSA) is 117 Å². The van der Waals surface area contributed by atoms with Crippen molar-refractivity contribution in [2.75, 3.05) is 62.4 Å². The van der Waals surface area contributed by atoms with E-state index >= 15 is 0 Å². The van der Waals surface area contributed by atoms with Gasteiger partial charge < -0.3 is 24.8 Å². The molecule has 3 saturated heterocycles. The normalized spacial score (nSPS) is 34.5. The lowest BCUT2D eigenvalue weighted by Gasteiger charge is -2.51. The van der Waals surface area contributed by atoms with Gasteiger partial charge in [-0.25, -0.2) is 13.1 Å². The maximum Gasteiger partial charge on any atom is 0.264 e. The van der Waals surface area contributed by atoms with Gasteiger partial charge in [-0.3, -0.25) is 4.79 Å². The lowest BCUT2D eigenvalue weighted by atomic mass is 9.64. The number of allylic oxidation sites excluding steroid dienone is 1. The zero-order valence-electron chi connectivity index (χ0n) is 32.8. The zero-order chi connectivity index (χ0) is 39.1. The molecule has 56 heavy (non-hydrogen) atoms. The number of fused-ring (bicyclic) bond motifs is 4. The van der Waals surface area contributed by atoms with Crippen LogP contribution in [0.1, 0.15) is 86.7 Å². The van der Waals surface area contributed by atoms with Crippen LogP contribution in [0.15, 0.2) is 48.6 Å². The number of sulfonamides is 1. The van der Waals surface area contributed by atoms with Gasteiger partial charge in [0.15, 0.2) is 0 Å². The minimum Gasteiger partial charge on any atom is -0.490 e. The highest BCUT2D eigenvalue weighted by Gasteiger charge is 2.52. The zero-order valence-corrected chi connectivity index (χ0v) is 36.0. The van der Waals surface area contributed by atoms with Crippen LogP contribution in [0, 0.1) is 23.2 Å². The summed E-state index contributed by atoms with van der Waals surface area (Å²) in [6.45, 7) is 9.88. The first-order chi connectivity index (χ1) is 26.9. The molecule has 2 aromatic carbocycles. The molecule has 6 atom stereocenters. The molecule has 2 aromatic rings. The fourth-order valence-corrected chi connectivity index (χ4v) is 14.7. The predicted molar refractivity (Wildman–Crippen MR) is 229 cm³/mol. The van der Waals surface area contributed by atoms with Crippen molar-refractivity contribution >= 4 is 56.7 Å². The van der Waals surface area contributed by atoms with Crippen LogP contribution in [0.3, 0.4) is 0 Å². The van der Waals surface area contributed by atoms with Gasteiger partial charge in [-0.15, -0.1) is 23.5 Å². The van der Waals surface area contributed by atoms with E-state index in [-0.39, 0.29) is 33.3 Å². The van der Waals surface area contributed by atoms with Crippen LogP contribution in [0.4, 0.5) is 5.69 Å². The number of rotatable bonds is 1. The molecule has 3 N–H and O–H groups in total. The summed E-state index contributed by atoms with van der Waals surface area (Å²) in [4.78, 5) is 15.9. The Balaban J connectivity index is 0.000000427.